The summed E-state index contributed by atoms with van der Waals surface area (Å²) < 4.78 is 6.93. The number of methoxy groups -OCH3 is 1. The number of fused-ring (bicyclic) bond motifs is 1. The highest BCUT2D eigenvalue weighted by Gasteiger charge is 2.32. The van der Waals surface area contributed by atoms with Crippen LogP contribution in [0.25, 0.3) is 5.69 Å². The van der Waals surface area contributed by atoms with Crippen molar-refractivity contribution in [1.82, 2.24) is 19.7 Å². The maximum absolute atomic E-state index is 12.8. The van der Waals surface area contributed by atoms with Crippen LogP contribution in [-0.2, 0) is 6.54 Å². The number of anilines is 2. The van der Waals surface area contributed by atoms with Gasteiger partial charge in [0, 0.05) is 30.9 Å². The Morgan fingerprint density at radius 1 is 1.07 bits per heavy atom. The van der Waals surface area contributed by atoms with Crippen LogP contribution >= 0.6 is 0 Å². The van der Waals surface area contributed by atoms with Crippen molar-refractivity contribution < 1.29 is 9.53 Å². The predicted octanol–water partition coefficient (Wildman–Crippen LogP) is 2.43. The number of carbonyl (C=O) groups excluding carboxylic acids is 1. The fourth-order valence-electron chi connectivity index (χ4n) is 3.73. The van der Waals surface area contributed by atoms with Crippen molar-refractivity contribution in [3.63, 3.8) is 0 Å². The first-order chi connectivity index (χ1) is 13.7. The molecule has 0 aromatic carbocycles. The number of aromatic nitrogens is 4. The quantitative estimate of drug-likeness (QED) is 0.696. The van der Waals surface area contributed by atoms with Crippen molar-refractivity contribution in [2.24, 2.45) is 0 Å². The van der Waals surface area contributed by atoms with Crippen LogP contribution < -0.4 is 14.5 Å². The van der Waals surface area contributed by atoms with Crippen molar-refractivity contribution in [2.45, 2.75) is 19.4 Å². The van der Waals surface area contributed by atoms with E-state index in [4.69, 9.17) is 4.74 Å². The van der Waals surface area contributed by atoms with E-state index >= 15 is 0 Å². The van der Waals surface area contributed by atoms with Crippen LogP contribution in [0.3, 0.4) is 0 Å². The first-order valence-electron chi connectivity index (χ1n) is 9.34. The van der Waals surface area contributed by atoms with Crippen LogP contribution in [0.4, 0.5) is 11.5 Å². The second-order valence-electron chi connectivity index (χ2n) is 6.99. The number of hydrogen-bond donors (Lipinski definition) is 0. The first-order valence-corrected chi connectivity index (χ1v) is 9.34. The highest BCUT2D eigenvalue weighted by atomic mass is 16.5. The van der Waals surface area contributed by atoms with Crippen LogP contribution in [0.15, 0.2) is 43.0 Å². The van der Waals surface area contributed by atoms with Gasteiger partial charge in [0.25, 0.3) is 5.91 Å². The minimum absolute atomic E-state index is 0.134. The Labute approximate surface area is 162 Å². The molecule has 0 saturated carbocycles. The molecule has 8 heteroatoms. The van der Waals surface area contributed by atoms with Crippen LogP contribution in [0, 0.1) is 0 Å². The summed E-state index contributed by atoms with van der Waals surface area (Å²) in [5.74, 6) is 1.48. The molecule has 2 aliphatic heterocycles. The average molecular weight is 376 g/mol. The van der Waals surface area contributed by atoms with E-state index in [1.54, 1.807) is 35.2 Å². The summed E-state index contributed by atoms with van der Waals surface area (Å²) in [4.78, 5) is 25.5. The Morgan fingerprint density at radius 3 is 2.64 bits per heavy atom. The molecule has 5 heterocycles. The van der Waals surface area contributed by atoms with Crippen LogP contribution in [0.1, 0.15) is 28.9 Å². The molecule has 5 rings (SSSR count). The van der Waals surface area contributed by atoms with E-state index in [1.165, 1.54) is 12.8 Å². The van der Waals surface area contributed by atoms with Crippen molar-refractivity contribution in [1.29, 1.82) is 0 Å². The fourth-order valence-corrected chi connectivity index (χ4v) is 3.73. The summed E-state index contributed by atoms with van der Waals surface area (Å²) in [5, 5.41) is 4.51. The minimum atomic E-state index is -0.134. The lowest BCUT2D eigenvalue weighted by atomic mass is 10.3. The van der Waals surface area contributed by atoms with Gasteiger partial charge in [-0.15, -0.1) is 0 Å². The lowest BCUT2D eigenvalue weighted by molar-refractivity contribution is 0.0991. The van der Waals surface area contributed by atoms with Crippen molar-refractivity contribution >= 4 is 17.4 Å². The van der Waals surface area contributed by atoms with E-state index in [1.807, 2.05) is 24.5 Å². The molecule has 142 valence electrons. The number of ether oxygens (including phenoxy) is 1. The van der Waals surface area contributed by atoms with Crippen molar-refractivity contribution in [3.8, 4) is 11.4 Å². The number of rotatable bonds is 4. The van der Waals surface area contributed by atoms with E-state index in [9.17, 15) is 4.79 Å². The van der Waals surface area contributed by atoms with E-state index in [2.05, 4.69) is 20.0 Å². The Hall–Kier alpha value is -3.42. The van der Waals surface area contributed by atoms with Gasteiger partial charge in [-0.05, 0) is 25.0 Å². The number of nitrogens with zero attached hydrogens (tertiary/aromatic N) is 6. The van der Waals surface area contributed by atoms with Crippen molar-refractivity contribution in [3.05, 3.63) is 54.2 Å². The van der Waals surface area contributed by atoms with E-state index < -0.39 is 0 Å². The molecule has 0 aliphatic carbocycles. The minimum Gasteiger partial charge on any atom is -0.495 e. The van der Waals surface area contributed by atoms with Crippen LogP contribution in [0.2, 0.25) is 0 Å². The first kappa shape index (κ1) is 16.7. The normalized spacial score (nSPS) is 16.0. The zero-order valence-electron chi connectivity index (χ0n) is 15.6. The van der Waals surface area contributed by atoms with Gasteiger partial charge in [-0.25, -0.2) is 9.67 Å². The Kier molecular flexibility index (Phi) is 3.96. The van der Waals surface area contributed by atoms with E-state index in [0.717, 1.165) is 30.2 Å². The summed E-state index contributed by atoms with van der Waals surface area (Å²) in [6.07, 6.45) is 9.41. The van der Waals surface area contributed by atoms with Gasteiger partial charge in [-0.2, -0.15) is 5.10 Å². The highest BCUT2D eigenvalue weighted by Crippen LogP contribution is 2.29. The lowest BCUT2D eigenvalue weighted by Gasteiger charge is -2.17. The zero-order valence-corrected chi connectivity index (χ0v) is 15.6. The molecule has 2 aliphatic rings. The monoisotopic (exact) mass is 376 g/mol. The smallest absolute Gasteiger partial charge is 0.279 e. The zero-order chi connectivity index (χ0) is 19.1. The number of amides is 1. The number of carbonyl (C=O) groups is 1. The molecule has 0 spiro atoms. The molecule has 3 aromatic heterocycles. The molecule has 0 unspecified atom stereocenters. The second kappa shape index (κ2) is 6.63. The molecule has 1 amide bonds. The molecule has 0 N–H and O–H groups in total. The predicted molar refractivity (Wildman–Crippen MR) is 104 cm³/mol. The standard InChI is InChI=1S/C20H20N6O2/c1-28-17-8-16(9-21-11-17)25-12-14-13-26(23-19(14)20(25)27)15-4-5-18(22-10-15)24-6-2-3-7-24/h4-5,8-11,13H,2-3,6-7,12H2,1H3. The maximum Gasteiger partial charge on any atom is 0.279 e. The van der Waals surface area contributed by atoms with Gasteiger partial charge < -0.3 is 14.5 Å². The Morgan fingerprint density at radius 2 is 1.93 bits per heavy atom. The molecule has 0 atom stereocenters. The second-order valence-corrected chi connectivity index (χ2v) is 6.99. The molecule has 28 heavy (non-hydrogen) atoms. The molecular weight excluding hydrogens is 356 g/mol. The molecule has 0 radical (unpaired) electrons. The third kappa shape index (κ3) is 2.77. The number of hydrogen-bond acceptors (Lipinski definition) is 6. The molecule has 1 fully saturated rings. The van der Waals surface area contributed by atoms with Gasteiger partial charge in [0.2, 0.25) is 0 Å². The average Bonchev–Trinajstić information content (AvgIpc) is 3.46. The van der Waals surface area contributed by atoms with E-state index in [-0.39, 0.29) is 5.91 Å². The van der Waals surface area contributed by atoms with Gasteiger partial charge in [0.15, 0.2) is 5.69 Å². The van der Waals surface area contributed by atoms with Gasteiger partial charge in [-0.1, -0.05) is 0 Å². The summed E-state index contributed by atoms with van der Waals surface area (Å²) in [6.45, 7) is 2.58. The van der Waals surface area contributed by atoms with Crippen molar-refractivity contribution in [2.75, 3.05) is 30.0 Å². The highest BCUT2D eigenvalue weighted by molar-refractivity contribution is 6.08. The molecule has 3 aromatic rings. The molecule has 1 saturated heterocycles. The largest absolute Gasteiger partial charge is 0.495 e. The topological polar surface area (TPSA) is 76.4 Å². The number of pyridine rings is 2. The lowest BCUT2D eigenvalue weighted by Crippen LogP contribution is -2.24. The van der Waals surface area contributed by atoms with Gasteiger partial charge in [-0.3, -0.25) is 9.78 Å². The van der Waals surface area contributed by atoms with Crippen LogP contribution in [0.5, 0.6) is 5.75 Å². The fraction of sp³-hybridized carbons (Fsp3) is 0.300. The molecule has 0 bridgehead atoms. The Balaban J connectivity index is 1.38. The van der Waals surface area contributed by atoms with Crippen LogP contribution in [-0.4, -0.2) is 45.9 Å². The summed E-state index contributed by atoms with van der Waals surface area (Å²) in [6, 6.07) is 5.81. The SMILES string of the molecule is COc1cncc(N2Cc3cn(-c4ccc(N5CCCC5)nc4)nc3C2=O)c1. The van der Waals surface area contributed by atoms with Gasteiger partial charge >= 0.3 is 0 Å². The summed E-state index contributed by atoms with van der Waals surface area (Å²) in [7, 11) is 1.58. The Bertz CT molecular complexity index is 1020. The summed E-state index contributed by atoms with van der Waals surface area (Å²) in [5.41, 5.74) is 2.90. The van der Waals surface area contributed by atoms with Gasteiger partial charge in [0.05, 0.1) is 43.6 Å². The molecular formula is C20H20N6O2. The maximum atomic E-state index is 12.8. The van der Waals surface area contributed by atoms with Gasteiger partial charge in [0.1, 0.15) is 11.6 Å². The molecule has 8 nitrogen and oxygen atoms in total. The van der Waals surface area contributed by atoms with E-state index in [0.29, 0.717) is 23.7 Å². The third-order valence-electron chi connectivity index (χ3n) is 5.24. The summed E-state index contributed by atoms with van der Waals surface area (Å²) >= 11 is 0. The third-order valence-corrected chi connectivity index (χ3v) is 5.24.